The molecule has 1 aliphatic rings. The predicted molar refractivity (Wildman–Crippen MR) is 107 cm³/mol. The van der Waals surface area contributed by atoms with Crippen molar-refractivity contribution in [1.82, 2.24) is 4.90 Å². The van der Waals surface area contributed by atoms with Crippen molar-refractivity contribution in [3.63, 3.8) is 0 Å². The number of ether oxygens (including phenoxy) is 2. The normalized spacial score (nSPS) is 15.2. The fourth-order valence-corrected chi connectivity index (χ4v) is 3.63. The van der Waals surface area contributed by atoms with E-state index in [-0.39, 0.29) is 17.7 Å². The second kappa shape index (κ2) is 8.31. The Labute approximate surface area is 167 Å². The molecule has 0 N–H and O–H groups in total. The molecule has 2 amide bonds. The Morgan fingerprint density at radius 1 is 1.14 bits per heavy atom. The third-order valence-electron chi connectivity index (χ3n) is 4.04. The van der Waals surface area contributed by atoms with Crippen LogP contribution in [-0.4, -0.2) is 29.1 Å². The highest BCUT2D eigenvalue weighted by Crippen LogP contribution is 2.35. The van der Waals surface area contributed by atoms with Crippen LogP contribution in [0.2, 0.25) is 0 Å². The van der Waals surface area contributed by atoms with Crippen LogP contribution in [0.15, 0.2) is 47.4 Å². The Kier molecular flexibility index (Phi) is 5.84. The van der Waals surface area contributed by atoms with Gasteiger partial charge in [-0.25, -0.2) is 0 Å². The third kappa shape index (κ3) is 4.43. The quantitative estimate of drug-likeness (QED) is 0.428. The molecule has 144 valence electrons. The van der Waals surface area contributed by atoms with Crippen molar-refractivity contribution < 1.29 is 23.9 Å². The molecule has 1 saturated heterocycles. The molecule has 2 aromatic rings. The number of hydrogen-bond acceptors (Lipinski definition) is 6. The fourth-order valence-electron chi connectivity index (χ4n) is 2.79. The van der Waals surface area contributed by atoms with Gasteiger partial charge in [0.1, 0.15) is 0 Å². The van der Waals surface area contributed by atoms with Crippen molar-refractivity contribution in [1.29, 1.82) is 0 Å². The Balaban J connectivity index is 1.82. The molecule has 0 atom stereocenters. The first-order chi connectivity index (χ1) is 13.4. The van der Waals surface area contributed by atoms with Gasteiger partial charge in [0.25, 0.3) is 11.1 Å². The minimum Gasteiger partial charge on any atom is -0.493 e. The van der Waals surface area contributed by atoms with E-state index < -0.39 is 5.97 Å². The monoisotopic (exact) mass is 397 g/mol. The lowest BCUT2D eigenvalue weighted by Gasteiger charge is -2.12. The summed E-state index contributed by atoms with van der Waals surface area (Å²) in [7, 11) is 1.46. The smallest absolute Gasteiger partial charge is 0.308 e. The van der Waals surface area contributed by atoms with E-state index in [9.17, 15) is 14.4 Å². The maximum atomic E-state index is 12.7. The van der Waals surface area contributed by atoms with Crippen molar-refractivity contribution in [2.24, 2.45) is 0 Å². The van der Waals surface area contributed by atoms with Crippen molar-refractivity contribution in [2.75, 3.05) is 7.11 Å². The maximum Gasteiger partial charge on any atom is 0.308 e. The van der Waals surface area contributed by atoms with Crippen LogP contribution >= 0.6 is 11.8 Å². The van der Waals surface area contributed by atoms with Gasteiger partial charge in [0, 0.05) is 6.92 Å². The molecule has 0 bridgehead atoms. The zero-order chi connectivity index (χ0) is 20.3. The van der Waals surface area contributed by atoms with Gasteiger partial charge >= 0.3 is 5.97 Å². The topological polar surface area (TPSA) is 72.9 Å². The number of carbonyl (C=O) groups excluding carboxylic acids is 3. The fraction of sp³-hybridized carbons (Fsp3) is 0.190. The minimum absolute atomic E-state index is 0.235. The molecule has 0 aromatic heterocycles. The van der Waals surface area contributed by atoms with Crippen molar-refractivity contribution >= 4 is 35.0 Å². The largest absolute Gasteiger partial charge is 0.493 e. The van der Waals surface area contributed by atoms with E-state index in [1.54, 1.807) is 24.3 Å². The average molecular weight is 397 g/mol. The molecule has 2 aromatic carbocycles. The molecular formula is C21H19NO5S. The van der Waals surface area contributed by atoms with Crippen molar-refractivity contribution in [3.8, 4) is 11.5 Å². The first kappa shape index (κ1) is 19.7. The Hall–Kier alpha value is -3.06. The summed E-state index contributed by atoms with van der Waals surface area (Å²) in [4.78, 5) is 37.7. The molecule has 1 heterocycles. The van der Waals surface area contributed by atoms with Gasteiger partial charge < -0.3 is 9.47 Å². The second-order valence-electron chi connectivity index (χ2n) is 6.26. The van der Waals surface area contributed by atoms with Crippen LogP contribution in [0.5, 0.6) is 11.5 Å². The zero-order valence-electron chi connectivity index (χ0n) is 15.7. The number of esters is 1. The number of benzene rings is 2. The highest BCUT2D eigenvalue weighted by atomic mass is 32.2. The molecule has 0 unspecified atom stereocenters. The van der Waals surface area contributed by atoms with E-state index in [1.165, 1.54) is 18.9 Å². The van der Waals surface area contributed by atoms with Crippen molar-refractivity contribution in [2.45, 2.75) is 20.4 Å². The molecule has 28 heavy (non-hydrogen) atoms. The summed E-state index contributed by atoms with van der Waals surface area (Å²) in [5.74, 6) is -0.134. The molecule has 0 radical (unpaired) electrons. The lowest BCUT2D eigenvalue weighted by Crippen LogP contribution is -2.27. The molecule has 1 aliphatic heterocycles. The molecule has 1 fully saturated rings. The minimum atomic E-state index is -0.455. The number of hydrogen-bond donors (Lipinski definition) is 0. The molecule has 7 heteroatoms. The van der Waals surface area contributed by atoms with Gasteiger partial charge in [0.2, 0.25) is 0 Å². The first-order valence-corrected chi connectivity index (χ1v) is 9.36. The van der Waals surface area contributed by atoms with E-state index in [0.29, 0.717) is 22.0 Å². The average Bonchev–Trinajstić information content (AvgIpc) is 2.90. The number of thioether (sulfide) groups is 1. The van der Waals surface area contributed by atoms with Crippen LogP contribution < -0.4 is 9.47 Å². The highest BCUT2D eigenvalue weighted by Gasteiger charge is 2.35. The number of nitrogens with zero attached hydrogens (tertiary/aromatic N) is 1. The molecular weight excluding hydrogens is 378 g/mol. The van der Waals surface area contributed by atoms with Gasteiger partial charge in [-0.05, 0) is 48.0 Å². The first-order valence-electron chi connectivity index (χ1n) is 8.54. The molecule has 0 aliphatic carbocycles. The van der Waals surface area contributed by atoms with E-state index in [4.69, 9.17) is 9.47 Å². The predicted octanol–water partition coefficient (Wildman–Crippen LogP) is 4.17. The van der Waals surface area contributed by atoms with E-state index in [0.717, 1.165) is 22.9 Å². The third-order valence-corrected chi connectivity index (χ3v) is 4.94. The van der Waals surface area contributed by atoms with Gasteiger partial charge in [0.15, 0.2) is 11.5 Å². The maximum absolute atomic E-state index is 12.7. The number of aryl methyl sites for hydroxylation is 1. The SMILES string of the molecule is COc1cc(/C=C2\SC(=O)N(Cc3cccc(C)c3)C2=O)ccc1OC(C)=O. The van der Waals surface area contributed by atoms with Gasteiger partial charge in [-0.1, -0.05) is 35.9 Å². The molecule has 0 spiro atoms. The van der Waals surface area contributed by atoms with Crippen molar-refractivity contribution in [3.05, 3.63) is 64.1 Å². The molecule has 6 nitrogen and oxygen atoms in total. The van der Waals surface area contributed by atoms with Crippen LogP contribution in [0.25, 0.3) is 6.08 Å². The van der Waals surface area contributed by atoms with E-state index >= 15 is 0 Å². The van der Waals surface area contributed by atoms with Gasteiger partial charge in [0.05, 0.1) is 18.6 Å². The summed E-state index contributed by atoms with van der Waals surface area (Å²) in [5.41, 5.74) is 2.63. The Morgan fingerprint density at radius 2 is 1.93 bits per heavy atom. The number of methoxy groups -OCH3 is 1. The molecule has 0 saturated carbocycles. The summed E-state index contributed by atoms with van der Waals surface area (Å²) in [6, 6.07) is 12.6. The van der Waals surface area contributed by atoms with E-state index in [1.807, 2.05) is 31.2 Å². The summed E-state index contributed by atoms with van der Waals surface area (Å²) in [6.07, 6.45) is 1.63. The van der Waals surface area contributed by atoms with E-state index in [2.05, 4.69) is 0 Å². The van der Waals surface area contributed by atoms with Crippen LogP contribution in [0.4, 0.5) is 4.79 Å². The highest BCUT2D eigenvalue weighted by molar-refractivity contribution is 8.18. The van der Waals surface area contributed by atoms with Gasteiger partial charge in [-0.2, -0.15) is 0 Å². The number of amides is 2. The number of carbonyl (C=O) groups is 3. The number of imide groups is 1. The Morgan fingerprint density at radius 3 is 2.61 bits per heavy atom. The van der Waals surface area contributed by atoms with Crippen LogP contribution in [0, 0.1) is 6.92 Å². The summed E-state index contributed by atoms with van der Waals surface area (Å²) in [6.45, 7) is 3.50. The molecule has 3 rings (SSSR count). The number of rotatable bonds is 5. The Bertz CT molecular complexity index is 983. The summed E-state index contributed by atoms with van der Waals surface area (Å²) < 4.78 is 10.3. The standard InChI is InChI=1S/C21H19NO5S/c1-13-5-4-6-16(9-13)12-22-20(24)19(28-21(22)25)11-15-7-8-17(27-14(2)23)18(10-15)26-3/h4-11H,12H2,1-3H3/b19-11-. The summed E-state index contributed by atoms with van der Waals surface area (Å²) in [5, 5.41) is -0.304. The second-order valence-corrected chi connectivity index (χ2v) is 7.25. The van der Waals surface area contributed by atoms with Crippen LogP contribution in [-0.2, 0) is 16.1 Å². The lowest BCUT2D eigenvalue weighted by atomic mass is 10.1. The van der Waals surface area contributed by atoms with Crippen LogP contribution in [0.3, 0.4) is 0 Å². The van der Waals surface area contributed by atoms with Crippen LogP contribution in [0.1, 0.15) is 23.6 Å². The lowest BCUT2D eigenvalue weighted by molar-refractivity contribution is -0.132. The zero-order valence-corrected chi connectivity index (χ0v) is 16.5. The van der Waals surface area contributed by atoms with Gasteiger partial charge in [-0.3, -0.25) is 19.3 Å². The van der Waals surface area contributed by atoms with Gasteiger partial charge in [-0.15, -0.1) is 0 Å². The summed E-state index contributed by atoms with van der Waals surface area (Å²) >= 11 is 0.901.